The van der Waals surface area contributed by atoms with Gasteiger partial charge in [-0.15, -0.1) is 11.8 Å². The number of ether oxygens (including phenoxy) is 2. The number of carbonyl (C=O) groups is 1. The predicted octanol–water partition coefficient (Wildman–Crippen LogP) is 4.19. The Labute approximate surface area is 204 Å². The third kappa shape index (κ3) is 5.61. The molecular weight excluding hydrogens is 472 g/mol. The Balaban J connectivity index is 1.62. The van der Waals surface area contributed by atoms with Crippen molar-refractivity contribution < 1.29 is 22.7 Å². The van der Waals surface area contributed by atoms with E-state index in [-0.39, 0.29) is 29.6 Å². The maximum Gasteiger partial charge on any atom is 0.246 e. The molecule has 0 spiro atoms. The van der Waals surface area contributed by atoms with Crippen molar-refractivity contribution in [2.45, 2.75) is 15.0 Å². The van der Waals surface area contributed by atoms with Crippen molar-refractivity contribution in [1.82, 2.24) is 4.31 Å². The average molecular weight is 499 g/mol. The molecule has 4 rings (SSSR count). The minimum atomic E-state index is -3.81. The summed E-state index contributed by atoms with van der Waals surface area (Å²) in [5.41, 5.74) is 1.23. The van der Waals surface area contributed by atoms with Crippen molar-refractivity contribution in [2.75, 3.05) is 38.7 Å². The molecule has 0 radical (unpaired) electrons. The van der Waals surface area contributed by atoms with Crippen molar-refractivity contribution in [1.29, 1.82) is 0 Å². The molecule has 1 fully saturated rings. The molecule has 1 aliphatic rings. The lowest BCUT2D eigenvalue weighted by atomic mass is 10.1. The molecule has 1 atom stereocenters. The lowest BCUT2D eigenvalue weighted by Gasteiger charge is -2.27. The molecule has 9 heteroatoms. The molecule has 3 aromatic carbocycles. The van der Waals surface area contributed by atoms with E-state index in [4.69, 9.17) is 9.47 Å². The number of amides is 1. The van der Waals surface area contributed by atoms with E-state index in [0.717, 1.165) is 10.5 Å². The first kappa shape index (κ1) is 24.3. The summed E-state index contributed by atoms with van der Waals surface area (Å²) in [7, 11) is -2.39. The van der Waals surface area contributed by atoms with Gasteiger partial charge in [0.2, 0.25) is 15.9 Å². The molecule has 7 nitrogen and oxygen atoms in total. The van der Waals surface area contributed by atoms with Gasteiger partial charge in [-0.1, -0.05) is 48.5 Å². The number of anilines is 1. The first-order valence-electron chi connectivity index (χ1n) is 10.8. The van der Waals surface area contributed by atoms with Gasteiger partial charge in [0.25, 0.3) is 0 Å². The van der Waals surface area contributed by atoms with Crippen LogP contribution in [0.25, 0.3) is 0 Å². The molecule has 1 unspecified atom stereocenters. The molecule has 178 valence electrons. The van der Waals surface area contributed by atoms with Gasteiger partial charge in [-0.05, 0) is 35.9 Å². The predicted molar refractivity (Wildman–Crippen MR) is 133 cm³/mol. The minimum Gasteiger partial charge on any atom is -0.495 e. The van der Waals surface area contributed by atoms with Gasteiger partial charge in [-0.25, -0.2) is 8.42 Å². The van der Waals surface area contributed by atoms with Crippen molar-refractivity contribution in [3.63, 3.8) is 0 Å². The Kier molecular flexibility index (Phi) is 7.89. The molecule has 1 amide bonds. The van der Waals surface area contributed by atoms with Crippen LogP contribution < -0.4 is 10.1 Å². The largest absolute Gasteiger partial charge is 0.495 e. The van der Waals surface area contributed by atoms with Gasteiger partial charge in [-0.2, -0.15) is 4.31 Å². The van der Waals surface area contributed by atoms with Crippen LogP contribution in [-0.2, 0) is 19.6 Å². The van der Waals surface area contributed by atoms with Gasteiger partial charge >= 0.3 is 0 Å². The Morgan fingerprint density at radius 3 is 2.29 bits per heavy atom. The number of rotatable bonds is 8. The van der Waals surface area contributed by atoms with E-state index in [0.29, 0.717) is 18.9 Å². The molecule has 1 saturated heterocycles. The number of nitrogens with one attached hydrogen (secondary N) is 1. The van der Waals surface area contributed by atoms with Crippen LogP contribution in [0.4, 0.5) is 5.69 Å². The van der Waals surface area contributed by atoms with Crippen LogP contribution in [0.3, 0.4) is 0 Å². The zero-order valence-electron chi connectivity index (χ0n) is 18.7. The molecule has 0 aliphatic carbocycles. The second kappa shape index (κ2) is 11.1. The molecule has 34 heavy (non-hydrogen) atoms. The number of hydrogen-bond donors (Lipinski definition) is 1. The summed E-state index contributed by atoms with van der Waals surface area (Å²) in [5.74, 6) is -0.0253. The highest BCUT2D eigenvalue weighted by Gasteiger charge is 2.30. The fraction of sp³-hybridized carbons (Fsp3) is 0.240. The monoisotopic (exact) mass is 498 g/mol. The number of methoxy groups -OCH3 is 1. The summed E-state index contributed by atoms with van der Waals surface area (Å²) in [6.07, 6.45) is 0. The zero-order valence-corrected chi connectivity index (χ0v) is 20.3. The topological polar surface area (TPSA) is 84.9 Å². The summed E-state index contributed by atoms with van der Waals surface area (Å²) in [5, 5.41) is 2.38. The van der Waals surface area contributed by atoms with Gasteiger partial charge in [-0.3, -0.25) is 4.79 Å². The van der Waals surface area contributed by atoms with Crippen LogP contribution in [0.15, 0.2) is 88.7 Å². The molecule has 1 aliphatic heterocycles. The van der Waals surface area contributed by atoms with Gasteiger partial charge in [0, 0.05) is 23.7 Å². The Hall–Kier alpha value is -2.85. The molecule has 1 N–H and O–H groups in total. The standard InChI is InChI=1S/C25H26N2O5S2/c1-31-22-13-12-20(18-23(22)34(29,30)27-14-16-32-17-15-27)26-25(28)24(19-8-4-2-5-9-19)33-21-10-6-3-7-11-21/h2-13,18,24H,14-17H2,1H3,(H,26,28). The first-order valence-corrected chi connectivity index (χ1v) is 13.1. The van der Waals surface area contributed by atoms with Crippen molar-refractivity contribution >= 4 is 33.4 Å². The van der Waals surface area contributed by atoms with Crippen LogP contribution in [0.1, 0.15) is 10.8 Å². The maximum absolute atomic E-state index is 13.4. The molecule has 0 saturated carbocycles. The van der Waals surface area contributed by atoms with Crippen LogP contribution in [-0.4, -0.2) is 52.0 Å². The highest BCUT2D eigenvalue weighted by atomic mass is 32.2. The summed E-state index contributed by atoms with van der Waals surface area (Å²) in [4.78, 5) is 14.4. The molecule has 1 heterocycles. The fourth-order valence-corrected chi connectivity index (χ4v) is 6.26. The second-order valence-electron chi connectivity index (χ2n) is 7.59. The van der Waals surface area contributed by atoms with E-state index < -0.39 is 15.3 Å². The van der Waals surface area contributed by atoms with E-state index in [9.17, 15) is 13.2 Å². The van der Waals surface area contributed by atoms with Crippen LogP contribution in [0.2, 0.25) is 0 Å². The van der Waals surface area contributed by atoms with Gasteiger partial charge in [0.05, 0.1) is 20.3 Å². The van der Waals surface area contributed by atoms with Gasteiger partial charge in [0.1, 0.15) is 15.9 Å². The van der Waals surface area contributed by atoms with E-state index in [1.54, 1.807) is 12.1 Å². The number of nitrogens with zero attached hydrogens (tertiary/aromatic N) is 1. The number of hydrogen-bond acceptors (Lipinski definition) is 6. The number of thioether (sulfide) groups is 1. The molecule has 0 bridgehead atoms. The molecular formula is C25H26N2O5S2. The highest BCUT2D eigenvalue weighted by molar-refractivity contribution is 8.00. The highest BCUT2D eigenvalue weighted by Crippen LogP contribution is 2.37. The van der Waals surface area contributed by atoms with Crippen LogP contribution >= 0.6 is 11.8 Å². The lowest BCUT2D eigenvalue weighted by molar-refractivity contribution is -0.115. The Morgan fingerprint density at radius 2 is 1.65 bits per heavy atom. The third-order valence-electron chi connectivity index (χ3n) is 5.36. The average Bonchev–Trinajstić information content (AvgIpc) is 2.89. The van der Waals surface area contributed by atoms with E-state index in [2.05, 4.69) is 5.32 Å². The SMILES string of the molecule is COc1ccc(NC(=O)C(Sc2ccccc2)c2ccccc2)cc1S(=O)(=O)N1CCOCC1. The number of carbonyl (C=O) groups excluding carboxylic acids is 1. The van der Waals surface area contributed by atoms with Gasteiger partial charge < -0.3 is 14.8 Å². The summed E-state index contributed by atoms with van der Waals surface area (Å²) < 4.78 is 38.5. The Bertz CT molecular complexity index is 1210. The maximum atomic E-state index is 13.4. The van der Waals surface area contributed by atoms with Crippen molar-refractivity contribution in [3.8, 4) is 5.75 Å². The number of benzene rings is 3. The second-order valence-corrected chi connectivity index (χ2v) is 10.7. The van der Waals surface area contributed by atoms with Crippen LogP contribution in [0, 0.1) is 0 Å². The smallest absolute Gasteiger partial charge is 0.246 e. The third-order valence-corrected chi connectivity index (χ3v) is 8.54. The van der Waals surface area contributed by atoms with Gasteiger partial charge in [0.15, 0.2) is 0 Å². The van der Waals surface area contributed by atoms with E-state index in [1.165, 1.54) is 29.2 Å². The quantitative estimate of drug-likeness (QED) is 0.469. The van der Waals surface area contributed by atoms with E-state index >= 15 is 0 Å². The molecule has 0 aromatic heterocycles. The van der Waals surface area contributed by atoms with Crippen molar-refractivity contribution in [2.24, 2.45) is 0 Å². The summed E-state index contributed by atoms with van der Waals surface area (Å²) >= 11 is 1.43. The number of sulfonamides is 1. The summed E-state index contributed by atoms with van der Waals surface area (Å²) in [6, 6.07) is 23.8. The van der Waals surface area contributed by atoms with Crippen molar-refractivity contribution in [3.05, 3.63) is 84.4 Å². The first-order chi connectivity index (χ1) is 16.5. The normalized spacial score (nSPS) is 15.4. The van der Waals surface area contributed by atoms with E-state index in [1.807, 2.05) is 60.7 Å². The lowest BCUT2D eigenvalue weighted by Crippen LogP contribution is -2.40. The van der Waals surface area contributed by atoms with Crippen LogP contribution in [0.5, 0.6) is 5.75 Å². The fourth-order valence-electron chi connectivity index (χ4n) is 3.63. The molecule has 3 aromatic rings. The Morgan fingerprint density at radius 1 is 1.00 bits per heavy atom. The summed E-state index contributed by atoms with van der Waals surface area (Å²) in [6.45, 7) is 1.22. The minimum absolute atomic E-state index is 0.0154. The number of morpholine rings is 1. The zero-order chi connectivity index (χ0) is 24.0.